The predicted octanol–water partition coefficient (Wildman–Crippen LogP) is 0.902. The smallest absolute Gasteiger partial charge is 0.170 e. The van der Waals surface area contributed by atoms with E-state index in [1.165, 1.54) is 11.5 Å². The van der Waals surface area contributed by atoms with Crippen LogP contribution in [-0.2, 0) is 6.42 Å². The van der Waals surface area contributed by atoms with Crippen LogP contribution in [0.5, 0.6) is 0 Å². The second kappa shape index (κ2) is 6.34. The van der Waals surface area contributed by atoms with E-state index in [1.807, 2.05) is 6.92 Å². The molecule has 1 unspecified atom stereocenters. The van der Waals surface area contributed by atoms with Gasteiger partial charge in [0, 0.05) is 24.8 Å². The van der Waals surface area contributed by atoms with Crippen LogP contribution in [0.4, 0.5) is 0 Å². The van der Waals surface area contributed by atoms with Crippen molar-refractivity contribution in [3.05, 3.63) is 5.82 Å². The Morgan fingerprint density at radius 3 is 3.00 bits per heavy atom. The minimum absolute atomic E-state index is 0.0407. The molecular weight excluding hydrogens is 218 g/mol. The summed E-state index contributed by atoms with van der Waals surface area (Å²) in [6, 6.07) is 0.0407. The topological polar surface area (TPSA) is 72.0 Å². The summed E-state index contributed by atoms with van der Waals surface area (Å²) in [6.45, 7) is 2.19. The molecule has 0 aromatic carbocycles. The number of nitrogens with zero attached hydrogens (tertiary/aromatic N) is 2. The number of rotatable bonds is 6. The first kappa shape index (κ1) is 11.9. The molecule has 4 nitrogen and oxygen atoms in total. The molecule has 1 rings (SSSR count). The van der Waals surface area contributed by atoms with Crippen molar-refractivity contribution in [1.82, 2.24) is 9.36 Å². The molecule has 3 N–H and O–H groups in total. The van der Waals surface area contributed by atoms with Crippen LogP contribution in [0.1, 0.15) is 19.2 Å². The van der Waals surface area contributed by atoms with Crippen molar-refractivity contribution in [2.24, 2.45) is 5.73 Å². The van der Waals surface area contributed by atoms with Gasteiger partial charge in [-0.2, -0.15) is 4.37 Å². The fourth-order valence-electron chi connectivity index (χ4n) is 0.868. The van der Waals surface area contributed by atoms with Crippen molar-refractivity contribution in [2.75, 3.05) is 12.4 Å². The maximum Gasteiger partial charge on any atom is 0.170 e. The largest absolute Gasteiger partial charge is 0.396 e. The van der Waals surface area contributed by atoms with Crippen molar-refractivity contribution in [3.8, 4) is 0 Å². The molecule has 0 fully saturated rings. The Labute approximate surface area is 92.1 Å². The van der Waals surface area contributed by atoms with Crippen LogP contribution in [0, 0.1) is 0 Å². The van der Waals surface area contributed by atoms with Gasteiger partial charge in [-0.05, 0) is 18.0 Å². The van der Waals surface area contributed by atoms with E-state index < -0.39 is 0 Å². The van der Waals surface area contributed by atoms with Gasteiger partial charge in [0.25, 0.3) is 0 Å². The number of hydrogen-bond donors (Lipinski definition) is 2. The van der Waals surface area contributed by atoms with Gasteiger partial charge >= 0.3 is 0 Å². The van der Waals surface area contributed by atoms with E-state index in [0.717, 1.165) is 22.3 Å². The minimum Gasteiger partial charge on any atom is -0.396 e. The van der Waals surface area contributed by atoms with E-state index in [0.29, 0.717) is 6.42 Å². The Hall–Kier alpha value is -0.170. The molecule has 0 aliphatic heterocycles. The quantitative estimate of drug-likeness (QED) is 0.714. The van der Waals surface area contributed by atoms with Gasteiger partial charge in [-0.25, -0.2) is 4.98 Å². The van der Waals surface area contributed by atoms with E-state index in [1.54, 1.807) is 11.8 Å². The summed E-state index contributed by atoms with van der Waals surface area (Å²) < 4.78 is 5.15. The number of hydrogen-bond acceptors (Lipinski definition) is 6. The second-order valence-electron chi connectivity index (χ2n) is 2.91. The maximum atomic E-state index is 8.66. The molecule has 0 spiro atoms. The first-order valence-electron chi connectivity index (χ1n) is 4.58. The number of nitrogens with two attached hydrogens (primary N) is 1. The van der Waals surface area contributed by atoms with E-state index in [4.69, 9.17) is 10.8 Å². The van der Waals surface area contributed by atoms with Gasteiger partial charge in [-0.15, -0.1) is 0 Å². The maximum absolute atomic E-state index is 8.66. The van der Waals surface area contributed by atoms with Crippen molar-refractivity contribution in [1.29, 1.82) is 0 Å². The lowest BCUT2D eigenvalue weighted by Crippen LogP contribution is -2.23. The lowest BCUT2D eigenvalue weighted by molar-refractivity contribution is 0.279. The van der Waals surface area contributed by atoms with E-state index >= 15 is 0 Å². The average molecular weight is 233 g/mol. The summed E-state index contributed by atoms with van der Waals surface area (Å²) in [5, 5.41) is 8.66. The highest BCUT2D eigenvalue weighted by atomic mass is 32.2. The lowest BCUT2D eigenvalue weighted by Gasteiger charge is -2.06. The first-order valence-corrected chi connectivity index (χ1v) is 6.34. The number of aromatic nitrogens is 2. The highest BCUT2D eigenvalue weighted by Crippen LogP contribution is 2.20. The zero-order chi connectivity index (χ0) is 10.4. The highest BCUT2D eigenvalue weighted by Gasteiger charge is 2.06. The summed E-state index contributed by atoms with van der Waals surface area (Å²) in [6.07, 6.45) is 1.52. The number of thioether (sulfide) groups is 1. The van der Waals surface area contributed by atoms with Crippen LogP contribution in [-0.4, -0.2) is 32.9 Å². The standard InChI is InChI=1S/C8H15N3OS2/c1-2-7-10-8(14-11-7)13-5-6(9)3-4-12/h6,12H,2-5,9H2,1H3. The molecule has 0 saturated carbocycles. The van der Waals surface area contributed by atoms with Crippen molar-refractivity contribution in [3.63, 3.8) is 0 Å². The van der Waals surface area contributed by atoms with Crippen molar-refractivity contribution in [2.45, 2.75) is 30.1 Å². The van der Waals surface area contributed by atoms with Gasteiger partial charge in [-0.1, -0.05) is 18.7 Å². The zero-order valence-electron chi connectivity index (χ0n) is 8.14. The molecule has 14 heavy (non-hydrogen) atoms. The molecule has 1 atom stereocenters. The number of aliphatic hydroxyl groups excluding tert-OH is 1. The number of aliphatic hydroxyl groups is 1. The van der Waals surface area contributed by atoms with Gasteiger partial charge in [0.1, 0.15) is 5.82 Å². The SMILES string of the molecule is CCc1nsc(SCC(N)CCO)n1. The molecule has 6 heteroatoms. The van der Waals surface area contributed by atoms with Gasteiger partial charge in [0.15, 0.2) is 4.34 Å². The van der Waals surface area contributed by atoms with Gasteiger partial charge in [-0.3, -0.25) is 0 Å². The fourth-order valence-corrected chi connectivity index (χ4v) is 2.59. The Morgan fingerprint density at radius 1 is 1.64 bits per heavy atom. The van der Waals surface area contributed by atoms with Gasteiger partial charge in [0.2, 0.25) is 0 Å². The van der Waals surface area contributed by atoms with Crippen molar-refractivity contribution >= 4 is 23.3 Å². The van der Waals surface area contributed by atoms with Crippen LogP contribution in [0.15, 0.2) is 4.34 Å². The molecule has 0 saturated heterocycles. The van der Waals surface area contributed by atoms with Crippen LogP contribution in [0.2, 0.25) is 0 Å². The van der Waals surface area contributed by atoms with Crippen LogP contribution >= 0.6 is 23.3 Å². The predicted molar refractivity (Wildman–Crippen MR) is 59.7 cm³/mol. The average Bonchev–Trinajstić information content (AvgIpc) is 2.63. The third-order valence-electron chi connectivity index (χ3n) is 1.69. The third-order valence-corrected chi connectivity index (χ3v) is 3.75. The number of aryl methyl sites for hydroxylation is 1. The van der Waals surface area contributed by atoms with Gasteiger partial charge in [0.05, 0.1) is 0 Å². The molecule has 0 radical (unpaired) electrons. The lowest BCUT2D eigenvalue weighted by atomic mass is 10.3. The molecule has 0 bridgehead atoms. The van der Waals surface area contributed by atoms with E-state index in [2.05, 4.69) is 9.36 Å². The molecule has 0 aliphatic rings. The molecule has 80 valence electrons. The van der Waals surface area contributed by atoms with Crippen molar-refractivity contribution < 1.29 is 5.11 Å². The second-order valence-corrected chi connectivity index (χ2v) is 4.93. The molecular formula is C8H15N3OS2. The Kier molecular flexibility index (Phi) is 5.39. The van der Waals surface area contributed by atoms with Crippen LogP contribution in [0.3, 0.4) is 0 Å². The fraction of sp³-hybridized carbons (Fsp3) is 0.750. The summed E-state index contributed by atoms with van der Waals surface area (Å²) in [7, 11) is 0. The molecule has 1 aromatic heterocycles. The molecule has 0 aliphatic carbocycles. The van der Waals surface area contributed by atoms with Crippen LogP contribution in [0.25, 0.3) is 0 Å². The zero-order valence-corrected chi connectivity index (χ0v) is 9.77. The Bertz CT molecular complexity index is 267. The van der Waals surface area contributed by atoms with Gasteiger partial charge < -0.3 is 10.8 Å². The molecule has 0 amide bonds. The summed E-state index contributed by atoms with van der Waals surface area (Å²) in [5.74, 6) is 1.69. The van der Waals surface area contributed by atoms with E-state index in [-0.39, 0.29) is 12.6 Å². The van der Waals surface area contributed by atoms with Crippen LogP contribution < -0.4 is 5.73 Å². The first-order chi connectivity index (χ1) is 6.76. The minimum atomic E-state index is 0.0407. The Morgan fingerprint density at radius 2 is 2.43 bits per heavy atom. The summed E-state index contributed by atoms with van der Waals surface area (Å²) >= 11 is 3.03. The molecule has 1 heterocycles. The normalized spacial score (nSPS) is 13.1. The summed E-state index contributed by atoms with van der Waals surface area (Å²) in [4.78, 5) is 4.31. The van der Waals surface area contributed by atoms with E-state index in [9.17, 15) is 0 Å². The highest BCUT2D eigenvalue weighted by molar-refractivity contribution is 8.00. The molecule has 1 aromatic rings. The monoisotopic (exact) mass is 233 g/mol. The summed E-state index contributed by atoms with van der Waals surface area (Å²) in [5.41, 5.74) is 5.75. The third kappa shape index (κ3) is 3.91. The Balaban J connectivity index is 2.30.